The number of nitrogens with zero attached hydrogens (tertiary/aromatic N) is 2. The molecule has 1 atom stereocenters. The highest BCUT2D eigenvalue weighted by molar-refractivity contribution is 5.97. The van der Waals surface area contributed by atoms with Crippen LogP contribution in [0.4, 0.5) is 4.79 Å². The lowest BCUT2D eigenvalue weighted by atomic mass is 10.1. The van der Waals surface area contributed by atoms with E-state index in [2.05, 4.69) is 10.3 Å². The number of pyridine rings is 1. The largest absolute Gasteiger partial charge is 0.528 e. The fourth-order valence-electron chi connectivity index (χ4n) is 3.51. The molecule has 2 aliphatic rings. The summed E-state index contributed by atoms with van der Waals surface area (Å²) in [7, 11) is 0. The monoisotopic (exact) mass is 427 g/mol. The molecule has 1 N–H and O–H groups in total. The van der Waals surface area contributed by atoms with Crippen LogP contribution in [0.3, 0.4) is 0 Å². The van der Waals surface area contributed by atoms with Gasteiger partial charge in [0.25, 0.3) is 5.91 Å². The van der Waals surface area contributed by atoms with Gasteiger partial charge in [0.15, 0.2) is 0 Å². The Morgan fingerprint density at radius 1 is 1.19 bits per heavy atom. The number of fused-ring (bicyclic) bond motifs is 1. The summed E-state index contributed by atoms with van der Waals surface area (Å²) in [6, 6.07) is 9.43. The maximum atomic E-state index is 12.5. The number of hydrogen-bond acceptors (Lipinski definition) is 7. The van der Waals surface area contributed by atoms with E-state index in [0.717, 1.165) is 31.1 Å². The molecule has 1 amide bonds. The first kappa shape index (κ1) is 21.4. The fraction of sp³-hybridized carbons (Fsp3) is 0.522. The molecule has 1 aliphatic carbocycles. The number of hydrogen-bond donors (Lipinski definition) is 1. The number of ether oxygens (including phenoxy) is 2. The number of aromatic nitrogens is 1. The normalized spacial score (nSPS) is 19.3. The molecular weight excluding hydrogens is 398 g/mol. The van der Waals surface area contributed by atoms with Gasteiger partial charge >= 0.3 is 6.16 Å². The quantitative estimate of drug-likeness (QED) is 0.701. The van der Waals surface area contributed by atoms with Gasteiger partial charge in [-0.05, 0) is 58.6 Å². The van der Waals surface area contributed by atoms with Crippen molar-refractivity contribution in [1.29, 1.82) is 0 Å². The molecule has 1 saturated carbocycles. The third kappa shape index (κ3) is 5.64. The summed E-state index contributed by atoms with van der Waals surface area (Å²) < 4.78 is 11.4. The first-order valence-corrected chi connectivity index (χ1v) is 10.8. The van der Waals surface area contributed by atoms with Gasteiger partial charge in [-0.1, -0.05) is 12.1 Å². The van der Waals surface area contributed by atoms with Crippen molar-refractivity contribution in [2.45, 2.75) is 64.1 Å². The molecule has 0 bridgehead atoms. The van der Waals surface area contributed by atoms with Gasteiger partial charge in [0, 0.05) is 24.0 Å². The molecule has 2 heterocycles. The van der Waals surface area contributed by atoms with Gasteiger partial charge in [0.1, 0.15) is 23.7 Å². The second-order valence-corrected chi connectivity index (χ2v) is 9.07. The van der Waals surface area contributed by atoms with Gasteiger partial charge in [-0.2, -0.15) is 0 Å². The number of hydroxylamine groups is 2. The second kappa shape index (κ2) is 8.70. The average molecular weight is 428 g/mol. The Hall–Kier alpha value is -2.87. The van der Waals surface area contributed by atoms with Gasteiger partial charge in [0.2, 0.25) is 0 Å². The summed E-state index contributed by atoms with van der Waals surface area (Å²) >= 11 is 0. The van der Waals surface area contributed by atoms with Crippen LogP contribution in [0, 0.1) is 0 Å². The van der Waals surface area contributed by atoms with Crippen LogP contribution in [0.25, 0.3) is 10.9 Å². The maximum absolute atomic E-state index is 12.5. The van der Waals surface area contributed by atoms with E-state index in [0.29, 0.717) is 30.1 Å². The molecule has 1 aliphatic heterocycles. The van der Waals surface area contributed by atoms with Gasteiger partial charge in [-0.3, -0.25) is 4.79 Å². The molecule has 166 valence electrons. The second-order valence-electron chi connectivity index (χ2n) is 9.07. The standard InChI is InChI=1S/C23H29N3O5/c1-23(2,3)30-22(28)31-26-12-6-7-16(26)14-29-20-13-19(21(27)24-15-10-11-15)25-18-9-5-4-8-17(18)20/h4-5,8-9,13,15-16H,6-7,10-12,14H2,1-3H3,(H,24,27)/t16-/m1/s1. The minimum Gasteiger partial charge on any atom is -0.491 e. The van der Waals surface area contributed by atoms with Crippen molar-refractivity contribution in [2.75, 3.05) is 13.2 Å². The molecule has 1 aromatic heterocycles. The smallest absolute Gasteiger partial charge is 0.491 e. The molecule has 2 aromatic rings. The van der Waals surface area contributed by atoms with Crippen LogP contribution in [0.15, 0.2) is 30.3 Å². The Morgan fingerprint density at radius 2 is 1.97 bits per heavy atom. The van der Waals surface area contributed by atoms with Crippen LogP contribution >= 0.6 is 0 Å². The summed E-state index contributed by atoms with van der Waals surface area (Å²) in [6.45, 7) is 6.33. The lowest BCUT2D eigenvalue weighted by Gasteiger charge is -2.25. The maximum Gasteiger partial charge on any atom is 0.528 e. The Morgan fingerprint density at radius 3 is 2.71 bits per heavy atom. The highest BCUT2D eigenvalue weighted by Gasteiger charge is 2.31. The number of benzene rings is 1. The molecule has 0 unspecified atom stereocenters. The third-order valence-corrected chi connectivity index (χ3v) is 5.16. The number of carbonyl (C=O) groups is 2. The molecule has 31 heavy (non-hydrogen) atoms. The van der Waals surface area contributed by atoms with Crippen molar-refractivity contribution in [1.82, 2.24) is 15.4 Å². The predicted molar refractivity (Wildman–Crippen MR) is 115 cm³/mol. The van der Waals surface area contributed by atoms with Crippen LogP contribution < -0.4 is 10.1 Å². The molecule has 0 radical (unpaired) electrons. The van der Waals surface area contributed by atoms with E-state index in [1.165, 1.54) is 0 Å². The van der Waals surface area contributed by atoms with E-state index >= 15 is 0 Å². The zero-order valence-corrected chi connectivity index (χ0v) is 18.2. The van der Waals surface area contributed by atoms with E-state index in [1.54, 1.807) is 31.9 Å². The Bertz CT molecular complexity index is 967. The van der Waals surface area contributed by atoms with Crippen LogP contribution in [-0.4, -0.2) is 52.9 Å². The van der Waals surface area contributed by atoms with Crippen LogP contribution in [0.1, 0.15) is 56.9 Å². The summed E-state index contributed by atoms with van der Waals surface area (Å²) in [5.41, 5.74) is 0.430. The van der Waals surface area contributed by atoms with Gasteiger partial charge in [-0.15, -0.1) is 5.06 Å². The van der Waals surface area contributed by atoms with Crippen molar-refractivity contribution < 1.29 is 23.9 Å². The van der Waals surface area contributed by atoms with Gasteiger partial charge < -0.3 is 19.6 Å². The number of nitrogens with one attached hydrogen (secondary N) is 1. The first-order valence-electron chi connectivity index (χ1n) is 10.8. The summed E-state index contributed by atoms with van der Waals surface area (Å²) in [5.74, 6) is 0.407. The minimum atomic E-state index is -0.715. The highest BCUT2D eigenvalue weighted by atomic mass is 16.8. The number of rotatable bonds is 6. The molecule has 1 saturated heterocycles. The summed E-state index contributed by atoms with van der Waals surface area (Å²) in [5, 5.41) is 5.43. The number of carbonyl (C=O) groups excluding carboxylic acids is 2. The molecular formula is C23H29N3O5. The van der Waals surface area contributed by atoms with Crippen molar-refractivity contribution >= 4 is 23.0 Å². The Kier molecular flexibility index (Phi) is 6.00. The topological polar surface area (TPSA) is 90.0 Å². The van der Waals surface area contributed by atoms with Crippen LogP contribution in [-0.2, 0) is 9.57 Å². The van der Waals surface area contributed by atoms with Crippen LogP contribution in [0.2, 0.25) is 0 Å². The summed E-state index contributed by atoms with van der Waals surface area (Å²) in [6.07, 6.45) is 3.03. The Balaban J connectivity index is 1.46. The highest BCUT2D eigenvalue weighted by Crippen LogP contribution is 2.28. The van der Waals surface area contributed by atoms with Crippen molar-refractivity contribution in [2.24, 2.45) is 0 Å². The number of para-hydroxylation sites is 1. The molecule has 2 fully saturated rings. The SMILES string of the molecule is CC(C)(C)OC(=O)ON1CCC[C@@H]1COc1cc(C(=O)NC2CC2)nc2ccccc12. The van der Waals surface area contributed by atoms with E-state index in [1.807, 2.05) is 24.3 Å². The van der Waals surface area contributed by atoms with E-state index in [9.17, 15) is 9.59 Å². The lowest BCUT2D eigenvalue weighted by molar-refractivity contribution is -0.154. The molecule has 1 aromatic carbocycles. The average Bonchev–Trinajstić information content (AvgIpc) is 3.41. The van der Waals surface area contributed by atoms with E-state index in [4.69, 9.17) is 14.3 Å². The first-order chi connectivity index (χ1) is 14.8. The van der Waals surface area contributed by atoms with E-state index in [-0.39, 0.29) is 18.0 Å². The minimum absolute atomic E-state index is 0.0943. The lowest BCUT2D eigenvalue weighted by Crippen LogP contribution is -2.38. The van der Waals surface area contributed by atoms with Crippen molar-refractivity contribution in [3.8, 4) is 5.75 Å². The third-order valence-electron chi connectivity index (χ3n) is 5.16. The molecule has 8 heteroatoms. The fourth-order valence-corrected chi connectivity index (χ4v) is 3.51. The van der Waals surface area contributed by atoms with Gasteiger partial charge in [-0.25, -0.2) is 9.78 Å². The zero-order chi connectivity index (χ0) is 22.0. The van der Waals surface area contributed by atoms with Gasteiger partial charge in [0.05, 0.1) is 11.6 Å². The number of amides is 1. The molecule has 8 nitrogen and oxygen atoms in total. The Labute approximate surface area is 181 Å². The van der Waals surface area contributed by atoms with Crippen molar-refractivity contribution in [3.05, 3.63) is 36.0 Å². The zero-order valence-electron chi connectivity index (χ0n) is 18.2. The predicted octanol–water partition coefficient (Wildman–Crippen LogP) is 3.84. The van der Waals surface area contributed by atoms with E-state index < -0.39 is 11.8 Å². The summed E-state index contributed by atoms with van der Waals surface area (Å²) in [4.78, 5) is 34.5. The van der Waals surface area contributed by atoms with Crippen LogP contribution in [0.5, 0.6) is 5.75 Å². The molecule has 0 spiro atoms. The molecule has 4 rings (SSSR count). The van der Waals surface area contributed by atoms with Crippen molar-refractivity contribution in [3.63, 3.8) is 0 Å².